The SMILES string of the molecule is COc1ccccc1C1c2c(n[nH]c2C(C)(C)C)C(=O)N1c1ccc(C(=O)N(C)C)cc1. The number of H-pyrrole nitrogens is 1. The number of rotatable bonds is 4. The van der Waals surface area contributed by atoms with Crippen LogP contribution in [0.25, 0.3) is 0 Å². The van der Waals surface area contributed by atoms with Gasteiger partial charge < -0.3 is 9.64 Å². The maximum Gasteiger partial charge on any atom is 0.280 e. The number of ether oxygens (including phenoxy) is 1. The van der Waals surface area contributed by atoms with Crippen molar-refractivity contribution < 1.29 is 14.3 Å². The van der Waals surface area contributed by atoms with E-state index in [0.717, 1.165) is 16.8 Å². The Balaban J connectivity index is 1.89. The Morgan fingerprint density at radius 2 is 1.75 bits per heavy atom. The number of carbonyl (C=O) groups is 2. The van der Waals surface area contributed by atoms with E-state index in [0.29, 0.717) is 22.7 Å². The van der Waals surface area contributed by atoms with E-state index in [1.165, 1.54) is 4.90 Å². The largest absolute Gasteiger partial charge is 0.496 e. The lowest BCUT2D eigenvalue weighted by Gasteiger charge is -2.29. The van der Waals surface area contributed by atoms with E-state index in [1.807, 2.05) is 36.4 Å². The lowest BCUT2D eigenvalue weighted by molar-refractivity contribution is 0.0827. The number of aromatic amines is 1. The van der Waals surface area contributed by atoms with E-state index in [4.69, 9.17) is 4.74 Å². The Hall–Kier alpha value is -3.61. The number of nitrogens with one attached hydrogen (secondary N) is 1. The number of hydrogen-bond donors (Lipinski definition) is 1. The van der Waals surface area contributed by atoms with Crippen LogP contribution < -0.4 is 9.64 Å². The molecule has 0 saturated carbocycles. The summed E-state index contributed by atoms with van der Waals surface area (Å²) in [4.78, 5) is 29.2. The summed E-state index contributed by atoms with van der Waals surface area (Å²) < 4.78 is 5.65. The van der Waals surface area contributed by atoms with Gasteiger partial charge in [0.25, 0.3) is 11.8 Å². The average Bonchev–Trinajstić information content (AvgIpc) is 3.32. The number of aromatic nitrogens is 2. The highest BCUT2D eigenvalue weighted by atomic mass is 16.5. The average molecular weight is 433 g/mol. The lowest BCUT2D eigenvalue weighted by atomic mass is 9.85. The molecule has 0 spiro atoms. The Labute approximate surface area is 188 Å². The first-order valence-corrected chi connectivity index (χ1v) is 10.5. The number of carbonyl (C=O) groups excluding carboxylic acids is 2. The summed E-state index contributed by atoms with van der Waals surface area (Å²) in [5, 5.41) is 7.51. The molecule has 2 heterocycles. The van der Waals surface area contributed by atoms with Crippen molar-refractivity contribution in [3.63, 3.8) is 0 Å². The second-order valence-electron chi connectivity index (χ2n) is 9.18. The summed E-state index contributed by atoms with van der Waals surface area (Å²) >= 11 is 0. The molecule has 1 aliphatic rings. The van der Waals surface area contributed by atoms with Crippen LogP contribution in [0.1, 0.15) is 64.5 Å². The molecule has 0 aliphatic carbocycles. The molecule has 166 valence electrons. The quantitative estimate of drug-likeness (QED) is 0.671. The van der Waals surface area contributed by atoms with Crippen molar-refractivity contribution in [3.05, 3.63) is 76.6 Å². The van der Waals surface area contributed by atoms with Crippen molar-refractivity contribution >= 4 is 17.5 Å². The summed E-state index contributed by atoms with van der Waals surface area (Å²) in [6.07, 6.45) is 0. The van der Waals surface area contributed by atoms with Crippen molar-refractivity contribution in [2.45, 2.75) is 32.2 Å². The second kappa shape index (κ2) is 7.82. The van der Waals surface area contributed by atoms with Gasteiger partial charge in [0.2, 0.25) is 0 Å². The summed E-state index contributed by atoms with van der Waals surface area (Å²) in [5.74, 6) is 0.423. The number of fused-ring (bicyclic) bond motifs is 1. The van der Waals surface area contributed by atoms with Gasteiger partial charge in [0, 0.05) is 47.6 Å². The van der Waals surface area contributed by atoms with Crippen LogP contribution in [0.4, 0.5) is 5.69 Å². The smallest absolute Gasteiger partial charge is 0.280 e. The van der Waals surface area contributed by atoms with Crippen LogP contribution in [-0.2, 0) is 5.41 Å². The molecule has 0 saturated heterocycles. The predicted octanol–water partition coefficient (Wildman–Crippen LogP) is 4.17. The molecule has 1 unspecified atom stereocenters. The van der Waals surface area contributed by atoms with Gasteiger partial charge in [0.15, 0.2) is 5.69 Å². The zero-order valence-electron chi connectivity index (χ0n) is 19.3. The first-order valence-electron chi connectivity index (χ1n) is 10.5. The van der Waals surface area contributed by atoms with Gasteiger partial charge in [-0.2, -0.15) is 5.10 Å². The highest BCUT2D eigenvalue weighted by Crippen LogP contribution is 2.47. The van der Waals surface area contributed by atoms with Crippen LogP contribution in [0.3, 0.4) is 0 Å². The monoisotopic (exact) mass is 432 g/mol. The molecular formula is C25H28N4O3. The fraction of sp³-hybridized carbons (Fsp3) is 0.320. The van der Waals surface area contributed by atoms with Gasteiger partial charge in [-0.1, -0.05) is 39.0 Å². The molecule has 1 atom stereocenters. The molecule has 1 aliphatic heterocycles. The lowest BCUT2D eigenvalue weighted by Crippen LogP contribution is -2.30. The molecule has 0 fully saturated rings. The minimum absolute atomic E-state index is 0.0891. The van der Waals surface area contributed by atoms with Crippen molar-refractivity contribution in [1.82, 2.24) is 15.1 Å². The minimum Gasteiger partial charge on any atom is -0.496 e. The first kappa shape index (κ1) is 21.6. The molecule has 7 nitrogen and oxygen atoms in total. The summed E-state index contributed by atoms with van der Waals surface area (Å²) in [6.45, 7) is 6.28. The maximum atomic E-state index is 13.6. The van der Waals surface area contributed by atoms with E-state index >= 15 is 0 Å². The number of benzene rings is 2. The van der Waals surface area contributed by atoms with Gasteiger partial charge in [-0.25, -0.2) is 0 Å². The molecule has 0 bridgehead atoms. The zero-order chi connectivity index (χ0) is 23.2. The Bertz CT molecular complexity index is 1170. The van der Waals surface area contributed by atoms with Crippen molar-refractivity contribution in [1.29, 1.82) is 0 Å². The third-order valence-electron chi connectivity index (χ3n) is 5.74. The number of nitrogens with zero attached hydrogens (tertiary/aromatic N) is 3. The summed E-state index contributed by atoms with van der Waals surface area (Å²) in [6, 6.07) is 14.4. The maximum absolute atomic E-state index is 13.6. The molecule has 0 radical (unpaired) electrons. The Morgan fingerprint density at radius 3 is 2.34 bits per heavy atom. The fourth-order valence-electron chi connectivity index (χ4n) is 4.19. The van der Waals surface area contributed by atoms with Gasteiger partial charge in [-0.05, 0) is 30.3 Å². The van der Waals surface area contributed by atoms with E-state index in [2.05, 4.69) is 31.0 Å². The topological polar surface area (TPSA) is 78.5 Å². The number of anilines is 1. The van der Waals surface area contributed by atoms with E-state index < -0.39 is 6.04 Å². The Kier molecular flexibility index (Phi) is 5.28. The predicted molar refractivity (Wildman–Crippen MR) is 123 cm³/mol. The number of para-hydroxylation sites is 1. The zero-order valence-corrected chi connectivity index (χ0v) is 19.3. The fourth-order valence-corrected chi connectivity index (χ4v) is 4.19. The van der Waals surface area contributed by atoms with Crippen LogP contribution >= 0.6 is 0 Å². The van der Waals surface area contributed by atoms with Crippen molar-refractivity contribution in [3.8, 4) is 5.75 Å². The number of amides is 2. The molecule has 4 rings (SSSR count). The van der Waals surface area contributed by atoms with Crippen LogP contribution in [-0.4, -0.2) is 48.1 Å². The highest BCUT2D eigenvalue weighted by molar-refractivity contribution is 6.11. The first-order chi connectivity index (χ1) is 15.1. The van der Waals surface area contributed by atoms with Crippen molar-refractivity contribution in [2.24, 2.45) is 0 Å². The van der Waals surface area contributed by atoms with E-state index in [1.54, 1.807) is 38.2 Å². The standard InChI is InChI=1S/C25H28N4O3/c1-25(2,3)22-19-20(26-27-22)24(31)29(21(19)17-9-7-8-10-18(17)32-6)16-13-11-15(12-14-16)23(30)28(4)5/h7-14,21H,1-6H3,(H,26,27). The van der Waals surface area contributed by atoms with Gasteiger partial charge >= 0.3 is 0 Å². The summed E-state index contributed by atoms with van der Waals surface area (Å²) in [5.41, 5.74) is 4.09. The molecule has 7 heteroatoms. The van der Waals surface area contributed by atoms with Gasteiger partial charge in [-0.15, -0.1) is 0 Å². The van der Waals surface area contributed by atoms with Gasteiger partial charge in [-0.3, -0.25) is 19.6 Å². The molecule has 1 aromatic heterocycles. The Morgan fingerprint density at radius 1 is 1.09 bits per heavy atom. The molecule has 32 heavy (non-hydrogen) atoms. The second-order valence-corrected chi connectivity index (χ2v) is 9.18. The van der Waals surface area contributed by atoms with Crippen LogP contribution in [0.5, 0.6) is 5.75 Å². The van der Waals surface area contributed by atoms with Crippen LogP contribution in [0.2, 0.25) is 0 Å². The van der Waals surface area contributed by atoms with E-state index in [-0.39, 0.29) is 17.2 Å². The minimum atomic E-state index is -0.406. The summed E-state index contributed by atoms with van der Waals surface area (Å²) in [7, 11) is 5.05. The molecular weight excluding hydrogens is 404 g/mol. The molecule has 2 aromatic carbocycles. The van der Waals surface area contributed by atoms with Gasteiger partial charge in [0.1, 0.15) is 5.75 Å². The number of methoxy groups -OCH3 is 1. The van der Waals surface area contributed by atoms with Crippen LogP contribution in [0, 0.1) is 0 Å². The van der Waals surface area contributed by atoms with Gasteiger partial charge in [0.05, 0.1) is 13.2 Å². The molecule has 2 amide bonds. The number of hydrogen-bond acceptors (Lipinski definition) is 4. The third kappa shape index (κ3) is 3.43. The highest BCUT2D eigenvalue weighted by Gasteiger charge is 2.45. The molecule has 1 N–H and O–H groups in total. The normalized spacial score (nSPS) is 15.6. The third-order valence-corrected chi connectivity index (χ3v) is 5.74. The molecule has 3 aromatic rings. The van der Waals surface area contributed by atoms with Crippen LogP contribution in [0.15, 0.2) is 48.5 Å². The van der Waals surface area contributed by atoms with E-state index in [9.17, 15) is 9.59 Å². The van der Waals surface area contributed by atoms with Crippen molar-refractivity contribution in [2.75, 3.05) is 26.1 Å².